The Morgan fingerprint density at radius 1 is 1.39 bits per heavy atom. The lowest BCUT2D eigenvalue weighted by molar-refractivity contribution is -0.127. The third kappa shape index (κ3) is 4.39. The maximum atomic E-state index is 11.9. The van der Waals surface area contributed by atoms with Crippen LogP contribution in [0.15, 0.2) is 29.4 Å². The molecule has 0 fully saturated rings. The van der Waals surface area contributed by atoms with Crippen molar-refractivity contribution in [2.45, 2.75) is 23.9 Å². The minimum atomic E-state index is -0.231. The molecule has 1 aromatic carbocycles. The van der Waals surface area contributed by atoms with Gasteiger partial charge in [0.2, 0.25) is 5.91 Å². The van der Waals surface area contributed by atoms with Crippen LogP contribution in [0.4, 0.5) is 0 Å². The molecule has 2 rings (SSSR count). The summed E-state index contributed by atoms with van der Waals surface area (Å²) in [5.41, 5.74) is 0. The molecule has 0 N–H and O–H groups in total. The first-order chi connectivity index (χ1) is 10.9. The highest BCUT2D eigenvalue weighted by Crippen LogP contribution is 2.25. The number of halogens is 1. The van der Waals surface area contributed by atoms with Gasteiger partial charge in [0.05, 0.1) is 10.3 Å². The molecule has 8 heteroatoms. The summed E-state index contributed by atoms with van der Waals surface area (Å²) in [4.78, 5) is 13.5. The zero-order valence-electron chi connectivity index (χ0n) is 13.5. The number of aromatic nitrogens is 3. The number of benzene rings is 1. The Morgan fingerprint density at radius 2 is 2.09 bits per heavy atom. The van der Waals surface area contributed by atoms with E-state index in [1.165, 1.54) is 11.8 Å². The number of hydrogen-bond donors (Lipinski definition) is 0. The van der Waals surface area contributed by atoms with Gasteiger partial charge in [0.1, 0.15) is 12.4 Å². The van der Waals surface area contributed by atoms with Crippen LogP contribution in [-0.4, -0.2) is 44.9 Å². The van der Waals surface area contributed by atoms with Gasteiger partial charge in [-0.3, -0.25) is 4.79 Å². The van der Waals surface area contributed by atoms with Crippen molar-refractivity contribution >= 4 is 29.3 Å². The van der Waals surface area contributed by atoms with Crippen LogP contribution in [0.5, 0.6) is 5.75 Å². The summed E-state index contributed by atoms with van der Waals surface area (Å²) in [5.74, 6) is 1.30. The summed E-state index contributed by atoms with van der Waals surface area (Å²) in [6.07, 6.45) is 0. The van der Waals surface area contributed by atoms with E-state index < -0.39 is 0 Å². The molecule has 0 bridgehead atoms. The van der Waals surface area contributed by atoms with E-state index in [0.29, 0.717) is 21.8 Å². The number of hydrogen-bond acceptors (Lipinski definition) is 5. The average Bonchev–Trinajstić information content (AvgIpc) is 2.86. The lowest BCUT2D eigenvalue weighted by Gasteiger charge is -2.15. The molecule has 0 aliphatic carbocycles. The fourth-order valence-electron chi connectivity index (χ4n) is 1.85. The van der Waals surface area contributed by atoms with E-state index >= 15 is 0 Å². The Kier molecular flexibility index (Phi) is 5.90. The van der Waals surface area contributed by atoms with Crippen molar-refractivity contribution in [3.8, 4) is 5.75 Å². The Balaban J connectivity index is 2.02. The number of amides is 1. The van der Waals surface area contributed by atoms with Crippen molar-refractivity contribution in [3.05, 3.63) is 35.1 Å². The second-order valence-corrected chi connectivity index (χ2v) is 6.88. The Morgan fingerprint density at radius 3 is 2.74 bits per heavy atom. The molecule has 2 aromatic rings. The SMILES string of the molecule is CC(Sc1nnc(COc2ccccc2Cl)n1C)C(=O)N(C)C. The lowest BCUT2D eigenvalue weighted by Crippen LogP contribution is -2.29. The minimum absolute atomic E-state index is 0.0341. The third-order valence-electron chi connectivity index (χ3n) is 3.19. The van der Waals surface area contributed by atoms with E-state index in [-0.39, 0.29) is 17.8 Å². The first-order valence-electron chi connectivity index (χ1n) is 7.03. The quantitative estimate of drug-likeness (QED) is 0.746. The number of ether oxygens (including phenoxy) is 1. The fraction of sp³-hybridized carbons (Fsp3) is 0.400. The van der Waals surface area contributed by atoms with Gasteiger partial charge in [-0.2, -0.15) is 0 Å². The van der Waals surface area contributed by atoms with Gasteiger partial charge in [-0.15, -0.1) is 10.2 Å². The molecule has 0 aliphatic rings. The molecule has 0 saturated heterocycles. The molecule has 1 amide bonds. The molecule has 6 nitrogen and oxygen atoms in total. The summed E-state index contributed by atoms with van der Waals surface area (Å²) in [7, 11) is 5.32. The predicted octanol–water partition coefficient (Wildman–Crippen LogP) is 2.62. The first kappa shape index (κ1) is 17.6. The van der Waals surface area contributed by atoms with E-state index in [2.05, 4.69) is 10.2 Å². The van der Waals surface area contributed by atoms with Gasteiger partial charge in [-0.25, -0.2) is 0 Å². The van der Waals surface area contributed by atoms with Crippen LogP contribution in [0.1, 0.15) is 12.7 Å². The molecule has 1 aromatic heterocycles. The number of nitrogens with zero attached hydrogens (tertiary/aromatic N) is 4. The average molecular weight is 355 g/mol. The van der Waals surface area contributed by atoms with E-state index in [1.54, 1.807) is 31.1 Å². The van der Waals surface area contributed by atoms with Gasteiger partial charge < -0.3 is 14.2 Å². The van der Waals surface area contributed by atoms with Gasteiger partial charge in [-0.1, -0.05) is 35.5 Å². The molecule has 0 saturated carbocycles. The predicted molar refractivity (Wildman–Crippen MR) is 90.8 cm³/mol. The molecule has 1 atom stereocenters. The molecule has 1 heterocycles. The maximum absolute atomic E-state index is 11.9. The van der Waals surface area contributed by atoms with Gasteiger partial charge in [-0.05, 0) is 19.1 Å². The lowest BCUT2D eigenvalue weighted by atomic mass is 10.3. The van der Waals surface area contributed by atoms with Crippen LogP contribution < -0.4 is 4.74 Å². The van der Waals surface area contributed by atoms with Crippen molar-refractivity contribution < 1.29 is 9.53 Å². The Labute approximate surface area is 144 Å². The number of rotatable bonds is 6. The molecule has 0 spiro atoms. The minimum Gasteiger partial charge on any atom is -0.484 e. The zero-order valence-corrected chi connectivity index (χ0v) is 15.1. The fourth-order valence-corrected chi connectivity index (χ4v) is 3.02. The molecular weight excluding hydrogens is 336 g/mol. The van der Waals surface area contributed by atoms with Gasteiger partial charge in [0.15, 0.2) is 11.0 Å². The van der Waals surface area contributed by atoms with Gasteiger partial charge in [0, 0.05) is 21.1 Å². The third-order valence-corrected chi connectivity index (χ3v) is 4.62. The van der Waals surface area contributed by atoms with Crippen LogP contribution in [0.25, 0.3) is 0 Å². The highest BCUT2D eigenvalue weighted by Gasteiger charge is 2.20. The second-order valence-electron chi connectivity index (χ2n) is 5.17. The highest BCUT2D eigenvalue weighted by molar-refractivity contribution is 8.00. The van der Waals surface area contributed by atoms with E-state index in [4.69, 9.17) is 16.3 Å². The molecule has 0 aliphatic heterocycles. The standard InChI is InChI=1S/C15H19ClN4O2S/c1-10(14(21)19(2)3)23-15-18-17-13(20(15)4)9-22-12-8-6-5-7-11(12)16/h5-8,10H,9H2,1-4H3. The Bertz CT molecular complexity index is 690. The van der Waals surface area contributed by atoms with Crippen LogP contribution in [0.3, 0.4) is 0 Å². The highest BCUT2D eigenvalue weighted by atomic mass is 35.5. The van der Waals surface area contributed by atoms with Crippen LogP contribution in [0, 0.1) is 0 Å². The van der Waals surface area contributed by atoms with Crippen molar-refractivity contribution in [1.82, 2.24) is 19.7 Å². The number of carbonyl (C=O) groups is 1. The molecule has 23 heavy (non-hydrogen) atoms. The summed E-state index contributed by atoms with van der Waals surface area (Å²) in [6.45, 7) is 2.10. The van der Waals surface area contributed by atoms with Crippen molar-refractivity contribution in [1.29, 1.82) is 0 Å². The summed E-state index contributed by atoms with van der Waals surface area (Å²) in [5, 5.41) is 9.23. The topological polar surface area (TPSA) is 60.3 Å². The monoisotopic (exact) mass is 354 g/mol. The summed E-state index contributed by atoms with van der Waals surface area (Å²) >= 11 is 7.42. The molecular formula is C15H19ClN4O2S. The zero-order chi connectivity index (χ0) is 17.0. The smallest absolute Gasteiger partial charge is 0.235 e. The molecule has 124 valence electrons. The van der Waals surface area contributed by atoms with E-state index in [9.17, 15) is 4.79 Å². The first-order valence-corrected chi connectivity index (χ1v) is 8.29. The molecule has 0 radical (unpaired) electrons. The molecule has 1 unspecified atom stereocenters. The van der Waals surface area contributed by atoms with Crippen LogP contribution in [0.2, 0.25) is 5.02 Å². The number of thioether (sulfide) groups is 1. The van der Waals surface area contributed by atoms with E-state index in [1.807, 2.05) is 30.7 Å². The van der Waals surface area contributed by atoms with Crippen molar-refractivity contribution in [2.24, 2.45) is 7.05 Å². The second kappa shape index (κ2) is 7.70. The van der Waals surface area contributed by atoms with Crippen molar-refractivity contribution in [3.63, 3.8) is 0 Å². The maximum Gasteiger partial charge on any atom is 0.235 e. The summed E-state index contributed by atoms with van der Waals surface area (Å²) in [6, 6.07) is 7.26. The number of para-hydroxylation sites is 1. The normalized spacial score (nSPS) is 12.0. The Hall–Kier alpha value is -1.73. The van der Waals surface area contributed by atoms with Crippen LogP contribution in [-0.2, 0) is 18.4 Å². The van der Waals surface area contributed by atoms with Gasteiger partial charge >= 0.3 is 0 Å². The van der Waals surface area contributed by atoms with Crippen LogP contribution >= 0.6 is 23.4 Å². The van der Waals surface area contributed by atoms with Gasteiger partial charge in [0.25, 0.3) is 0 Å². The largest absolute Gasteiger partial charge is 0.484 e. The van der Waals surface area contributed by atoms with Crippen molar-refractivity contribution in [2.75, 3.05) is 14.1 Å². The number of carbonyl (C=O) groups excluding carboxylic acids is 1. The van der Waals surface area contributed by atoms with E-state index in [0.717, 1.165) is 0 Å². The summed E-state index contributed by atoms with van der Waals surface area (Å²) < 4.78 is 7.49.